The van der Waals surface area contributed by atoms with E-state index < -0.39 is 11.7 Å². The predicted molar refractivity (Wildman–Crippen MR) is 137 cm³/mol. The SMILES string of the molecule is CN(C)c1ccc(/C(=C\C=C\C(=O)Nc2cccc3cnccc23)c2ccc(C(F)(F)F)cc2)cn1. The first-order valence-electron chi connectivity index (χ1n) is 11.1. The zero-order valence-corrected chi connectivity index (χ0v) is 19.6. The number of aromatic nitrogens is 2. The number of alkyl halides is 3. The number of pyridine rings is 2. The highest BCUT2D eigenvalue weighted by atomic mass is 19.4. The van der Waals surface area contributed by atoms with E-state index in [9.17, 15) is 18.0 Å². The van der Waals surface area contributed by atoms with Crippen molar-refractivity contribution in [2.45, 2.75) is 6.18 Å². The third kappa shape index (κ3) is 5.78. The van der Waals surface area contributed by atoms with Gasteiger partial charge in [0.05, 0.1) is 5.56 Å². The Morgan fingerprint density at radius 1 is 0.944 bits per heavy atom. The van der Waals surface area contributed by atoms with Crippen LogP contribution in [-0.4, -0.2) is 30.0 Å². The van der Waals surface area contributed by atoms with E-state index in [-0.39, 0.29) is 5.91 Å². The van der Waals surface area contributed by atoms with Gasteiger partial charge >= 0.3 is 6.18 Å². The number of benzene rings is 2. The molecule has 0 atom stereocenters. The monoisotopic (exact) mass is 488 g/mol. The molecule has 0 aliphatic carbocycles. The molecule has 0 aliphatic heterocycles. The number of nitrogens with zero attached hydrogens (tertiary/aromatic N) is 3. The number of carbonyl (C=O) groups excluding carboxylic acids is 1. The largest absolute Gasteiger partial charge is 0.416 e. The number of allylic oxidation sites excluding steroid dienone is 2. The summed E-state index contributed by atoms with van der Waals surface area (Å²) >= 11 is 0. The summed E-state index contributed by atoms with van der Waals surface area (Å²) < 4.78 is 39.1. The smallest absolute Gasteiger partial charge is 0.363 e. The van der Waals surface area contributed by atoms with E-state index in [0.29, 0.717) is 22.4 Å². The molecule has 36 heavy (non-hydrogen) atoms. The molecule has 8 heteroatoms. The number of hydrogen-bond acceptors (Lipinski definition) is 4. The summed E-state index contributed by atoms with van der Waals surface area (Å²) in [5, 5.41) is 4.62. The van der Waals surface area contributed by atoms with Crippen LogP contribution < -0.4 is 10.2 Å². The van der Waals surface area contributed by atoms with Gasteiger partial charge in [0, 0.05) is 60.8 Å². The van der Waals surface area contributed by atoms with E-state index in [1.165, 1.54) is 18.2 Å². The summed E-state index contributed by atoms with van der Waals surface area (Å²) in [4.78, 5) is 22.9. The van der Waals surface area contributed by atoms with Crippen molar-refractivity contribution >= 4 is 33.8 Å². The van der Waals surface area contributed by atoms with Crippen molar-refractivity contribution in [2.24, 2.45) is 0 Å². The van der Waals surface area contributed by atoms with Crippen molar-refractivity contribution in [3.8, 4) is 0 Å². The van der Waals surface area contributed by atoms with Crippen LogP contribution in [0, 0.1) is 0 Å². The highest BCUT2D eigenvalue weighted by Gasteiger charge is 2.30. The van der Waals surface area contributed by atoms with Gasteiger partial charge < -0.3 is 10.2 Å². The summed E-state index contributed by atoms with van der Waals surface area (Å²) in [6.45, 7) is 0. The first-order chi connectivity index (χ1) is 17.2. The van der Waals surface area contributed by atoms with Gasteiger partial charge in [0.1, 0.15) is 5.82 Å². The molecule has 0 fully saturated rings. The lowest BCUT2D eigenvalue weighted by atomic mass is 9.97. The van der Waals surface area contributed by atoms with E-state index in [1.807, 2.05) is 49.3 Å². The van der Waals surface area contributed by atoms with Gasteiger partial charge in [-0.15, -0.1) is 0 Å². The van der Waals surface area contributed by atoms with Crippen LogP contribution >= 0.6 is 0 Å². The van der Waals surface area contributed by atoms with E-state index >= 15 is 0 Å². The Bertz CT molecular complexity index is 1420. The molecule has 4 rings (SSSR count). The quantitative estimate of drug-likeness (QED) is 0.254. The minimum absolute atomic E-state index is 0.344. The maximum absolute atomic E-state index is 13.0. The van der Waals surface area contributed by atoms with Gasteiger partial charge in [0.15, 0.2) is 0 Å². The lowest BCUT2D eigenvalue weighted by Crippen LogP contribution is -2.10. The van der Waals surface area contributed by atoms with Crippen LogP contribution in [0.25, 0.3) is 16.3 Å². The number of rotatable bonds is 6. The number of carbonyl (C=O) groups is 1. The van der Waals surface area contributed by atoms with Crippen LogP contribution in [0.2, 0.25) is 0 Å². The van der Waals surface area contributed by atoms with Gasteiger partial charge in [-0.2, -0.15) is 13.2 Å². The molecule has 0 unspecified atom stereocenters. The zero-order valence-electron chi connectivity index (χ0n) is 19.6. The Morgan fingerprint density at radius 2 is 1.69 bits per heavy atom. The molecule has 1 amide bonds. The fourth-order valence-corrected chi connectivity index (χ4v) is 3.65. The molecule has 0 bridgehead atoms. The molecule has 2 heterocycles. The second kappa shape index (κ2) is 10.4. The summed E-state index contributed by atoms with van der Waals surface area (Å²) in [7, 11) is 3.73. The van der Waals surface area contributed by atoms with Crippen LogP contribution in [0.1, 0.15) is 16.7 Å². The number of nitrogens with one attached hydrogen (secondary N) is 1. The highest BCUT2D eigenvalue weighted by molar-refractivity contribution is 6.06. The molecule has 0 saturated heterocycles. The maximum atomic E-state index is 13.0. The van der Waals surface area contributed by atoms with Crippen LogP contribution in [0.5, 0.6) is 0 Å². The Labute approximate surface area is 206 Å². The molecular weight excluding hydrogens is 465 g/mol. The van der Waals surface area contributed by atoms with Gasteiger partial charge in [-0.25, -0.2) is 4.98 Å². The average molecular weight is 489 g/mol. The van der Waals surface area contributed by atoms with Crippen LogP contribution in [0.15, 0.2) is 97.5 Å². The highest BCUT2D eigenvalue weighted by Crippen LogP contribution is 2.31. The molecular formula is C28H23F3N4O. The minimum atomic E-state index is -4.42. The second-order valence-electron chi connectivity index (χ2n) is 8.21. The summed E-state index contributed by atoms with van der Waals surface area (Å²) in [6, 6.07) is 15.9. The minimum Gasteiger partial charge on any atom is -0.363 e. The fraction of sp³-hybridized carbons (Fsp3) is 0.107. The summed E-state index contributed by atoms with van der Waals surface area (Å²) in [5.41, 5.74) is 1.81. The van der Waals surface area contributed by atoms with Crippen molar-refractivity contribution in [3.05, 3.63) is 114 Å². The first kappa shape index (κ1) is 24.7. The third-order valence-corrected chi connectivity index (χ3v) is 5.49. The van der Waals surface area contributed by atoms with Crippen molar-refractivity contribution in [2.75, 3.05) is 24.3 Å². The molecule has 2 aromatic heterocycles. The number of halogens is 3. The Kier molecular flexibility index (Phi) is 7.15. The van der Waals surface area contributed by atoms with E-state index in [1.54, 1.807) is 36.8 Å². The van der Waals surface area contributed by atoms with E-state index in [4.69, 9.17) is 0 Å². The molecule has 0 spiro atoms. The van der Waals surface area contributed by atoms with Gasteiger partial charge in [0.25, 0.3) is 0 Å². The van der Waals surface area contributed by atoms with Crippen molar-refractivity contribution in [1.82, 2.24) is 9.97 Å². The molecule has 4 aromatic rings. The Balaban J connectivity index is 1.62. The zero-order chi connectivity index (χ0) is 25.7. The molecule has 2 aromatic carbocycles. The van der Waals surface area contributed by atoms with Gasteiger partial charge in [-0.1, -0.05) is 36.4 Å². The Hall–Kier alpha value is -4.46. The predicted octanol–water partition coefficient (Wildman–Crippen LogP) is 6.34. The van der Waals surface area contributed by atoms with E-state index in [0.717, 1.165) is 28.7 Å². The van der Waals surface area contributed by atoms with Crippen LogP contribution in [0.4, 0.5) is 24.7 Å². The lowest BCUT2D eigenvalue weighted by molar-refractivity contribution is -0.137. The molecule has 0 saturated carbocycles. The van der Waals surface area contributed by atoms with Crippen molar-refractivity contribution in [1.29, 1.82) is 0 Å². The summed E-state index contributed by atoms with van der Waals surface area (Å²) in [6.07, 6.45) is 5.21. The molecule has 0 aliphatic rings. The van der Waals surface area contributed by atoms with Crippen LogP contribution in [-0.2, 0) is 11.0 Å². The maximum Gasteiger partial charge on any atom is 0.416 e. The Morgan fingerprint density at radius 3 is 2.36 bits per heavy atom. The molecule has 0 radical (unpaired) electrons. The van der Waals surface area contributed by atoms with E-state index in [2.05, 4.69) is 15.3 Å². The molecule has 1 N–H and O–H groups in total. The van der Waals surface area contributed by atoms with Crippen LogP contribution in [0.3, 0.4) is 0 Å². The summed E-state index contributed by atoms with van der Waals surface area (Å²) in [5.74, 6) is 0.397. The standard InChI is InChI=1S/C28H23F3N4O/c1-35(2)26-14-11-21(18-33-26)23(19-9-12-22(13-10-19)28(29,30)31)6-4-8-27(36)34-25-7-3-5-20-17-32-16-15-24(20)25/h3-18H,1-2H3,(H,34,36)/b8-4+,23-6-. The second-order valence-corrected chi connectivity index (χ2v) is 8.21. The third-order valence-electron chi connectivity index (χ3n) is 5.49. The first-order valence-corrected chi connectivity index (χ1v) is 11.1. The van der Waals surface area contributed by atoms with Crippen molar-refractivity contribution in [3.63, 3.8) is 0 Å². The van der Waals surface area contributed by atoms with Gasteiger partial charge in [-0.3, -0.25) is 9.78 Å². The molecule has 182 valence electrons. The molecule has 5 nitrogen and oxygen atoms in total. The van der Waals surface area contributed by atoms with Gasteiger partial charge in [0.2, 0.25) is 5.91 Å². The number of hydrogen-bond donors (Lipinski definition) is 1. The number of anilines is 2. The topological polar surface area (TPSA) is 58.1 Å². The average Bonchev–Trinajstić information content (AvgIpc) is 2.86. The normalized spacial score (nSPS) is 12.2. The number of fused-ring (bicyclic) bond motifs is 1. The van der Waals surface area contributed by atoms with Crippen molar-refractivity contribution < 1.29 is 18.0 Å². The number of amides is 1. The fourth-order valence-electron chi connectivity index (χ4n) is 3.65. The van der Waals surface area contributed by atoms with Gasteiger partial charge in [-0.05, 0) is 47.5 Å². The lowest BCUT2D eigenvalue weighted by Gasteiger charge is -2.13.